The van der Waals surface area contributed by atoms with Gasteiger partial charge in [0.25, 0.3) is 5.91 Å². The number of rotatable bonds is 5. The van der Waals surface area contributed by atoms with Crippen molar-refractivity contribution in [2.75, 3.05) is 6.54 Å². The van der Waals surface area contributed by atoms with Gasteiger partial charge in [-0.1, -0.05) is 29.3 Å². The highest BCUT2D eigenvalue weighted by molar-refractivity contribution is 6.36. The molecule has 1 amide bonds. The normalized spacial score (nSPS) is 13.3. The highest BCUT2D eigenvalue weighted by Gasteiger charge is 2.34. The molecule has 0 aliphatic carbocycles. The first-order valence-corrected chi connectivity index (χ1v) is 8.64. The Bertz CT molecular complexity index is 868. The Morgan fingerprint density at radius 2 is 2.08 bits per heavy atom. The first kappa shape index (κ1) is 17.9. The van der Waals surface area contributed by atoms with Gasteiger partial charge in [-0.05, 0) is 24.6 Å². The molecule has 0 saturated carbocycles. The van der Waals surface area contributed by atoms with Crippen molar-refractivity contribution in [2.45, 2.75) is 26.4 Å². The van der Waals surface area contributed by atoms with Crippen molar-refractivity contribution in [2.24, 2.45) is 5.73 Å². The number of aldehydes is 1. The first-order chi connectivity index (χ1) is 12.0. The molecular formula is C18H17Cl2N3O2. The summed E-state index contributed by atoms with van der Waals surface area (Å²) in [6.45, 7) is 2.85. The van der Waals surface area contributed by atoms with Gasteiger partial charge >= 0.3 is 0 Å². The molecule has 0 saturated heterocycles. The molecule has 1 aliphatic heterocycles. The Labute approximate surface area is 155 Å². The maximum absolute atomic E-state index is 12.9. The Kier molecular flexibility index (Phi) is 5.08. The molecule has 5 nitrogen and oxygen atoms in total. The van der Waals surface area contributed by atoms with E-state index in [0.29, 0.717) is 51.9 Å². The van der Waals surface area contributed by atoms with E-state index in [2.05, 4.69) is 4.98 Å². The molecule has 1 aliphatic rings. The summed E-state index contributed by atoms with van der Waals surface area (Å²) < 4.78 is 0. The van der Waals surface area contributed by atoms with Gasteiger partial charge in [0, 0.05) is 46.4 Å². The quantitative estimate of drug-likeness (QED) is 0.810. The number of aryl methyl sites for hydroxylation is 1. The molecular weight excluding hydrogens is 361 g/mol. The van der Waals surface area contributed by atoms with Gasteiger partial charge in [0.2, 0.25) is 0 Å². The number of fused-ring (bicyclic) bond motifs is 1. The second kappa shape index (κ2) is 7.12. The minimum Gasteiger partial charge on any atom is -0.332 e. The van der Waals surface area contributed by atoms with Crippen LogP contribution in [0.3, 0.4) is 0 Å². The zero-order valence-corrected chi connectivity index (χ0v) is 15.2. The van der Waals surface area contributed by atoms with Crippen molar-refractivity contribution >= 4 is 35.4 Å². The van der Waals surface area contributed by atoms with Crippen LogP contribution in [0.4, 0.5) is 0 Å². The molecule has 0 bridgehead atoms. The SMILES string of the molecule is Cc1nc2c(c(-c3ccc(Cl)cc3Cl)c1CN)C(=O)N(CCC=O)C2. The van der Waals surface area contributed by atoms with Gasteiger partial charge in [-0.2, -0.15) is 0 Å². The lowest BCUT2D eigenvalue weighted by atomic mass is 9.93. The molecule has 0 unspecified atom stereocenters. The summed E-state index contributed by atoms with van der Waals surface area (Å²) >= 11 is 12.4. The van der Waals surface area contributed by atoms with Crippen LogP contribution >= 0.6 is 23.2 Å². The number of benzene rings is 1. The van der Waals surface area contributed by atoms with Crippen molar-refractivity contribution < 1.29 is 9.59 Å². The number of aromatic nitrogens is 1. The molecule has 7 heteroatoms. The number of nitrogens with zero attached hydrogens (tertiary/aromatic N) is 2. The van der Waals surface area contributed by atoms with Crippen LogP contribution in [0.2, 0.25) is 10.0 Å². The van der Waals surface area contributed by atoms with Gasteiger partial charge in [0.1, 0.15) is 6.29 Å². The highest BCUT2D eigenvalue weighted by Crippen LogP contribution is 2.39. The summed E-state index contributed by atoms with van der Waals surface area (Å²) in [4.78, 5) is 29.8. The summed E-state index contributed by atoms with van der Waals surface area (Å²) in [5.74, 6) is -0.153. The number of pyridine rings is 1. The van der Waals surface area contributed by atoms with Crippen LogP contribution in [0, 0.1) is 6.92 Å². The van der Waals surface area contributed by atoms with Crippen LogP contribution in [0.15, 0.2) is 18.2 Å². The van der Waals surface area contributed by atoms with Gasteiger partial charge in [-0.25, -0.2) is 0 Å². The number of hydrogen-bond acceptors (Lipinski definition) is 4. The van der Waals surface area contributed by atoms with Crippen molar-refractivity contribution in [1.82, 2.24) is 9.88 Å². The minimum absolute atomic E-state index is 0.153. The first-order valence-electron chi connectivity index (χ1n) is 7.88. The van der Waals surface area contributed by atoms with Gasteiger partial charge in [-0.15, -0.1) is 0 Å². The number of halogens is 2. The lowest BCUT2D eigenvalue weighted by molar-refractivity contribution is -0.108. The lowest BCUT2D eigenvalue weighted by Crippen LogP contribution is -2.25. The summed E-state index contributed by atoms with van der Waals surface area (Å²) in [6.07, 6.45) is 1.09. The monoisotopic (exact) mass is 377 g/mol. The molecule has 2 aromatic rings. The van der Waals surface area contributed by atoms with Crippen LogP contribution in [0.1, 0.15) is 33.7 Å². The predicted molar refractivity (Wildman–Crippen MR) is 97.7 cm³/mol. The zero-order valence-electron chi connectivity index (χ0n) is 13.7. The number of nitrogens with two attached hydrogens (primary N) is 1. The average molecular weight is 378 g/mol. The molecule has 0 atom stereocenters. The molecule has 1 aromatic carbocycles. The number of hydrogen-bond donors (Lipinski definition) is 1. The van der Waals surface area contributed by atoms with Crippen LogP contribution in [0.25, 0.3) is 11.1 Å². The second-order valence-corrected chi connectivity index (χ2v) is 6.73. The predicted octanol–water partition coefficient (Wildman–Crippen LogP) is 3.37. The van der Waals surface area contributed by atoms with Crippen LogP contribution < -0.4 is 5.73 Å². The second-order valence-electron chi connectivity index (χ2n) is 5.88. The molecule has 25 heavy (non-hydrogen) atoms. The Hall–Kier alpha value is -1.95. The van der Waals surface area contributed by atoms with Gasteiger partial charge in [-0.3, -0.25) is 9.78 Å². The lowest BCUT2D eigenvalue weighted by Gasteiger charge is -2.16. The third kappa shape index (κ3) is 3.15. The number of carbonyl (C=O) groups excluding carboxylic acids is 2. The largest absolute Gasteiger partial charge is 0.332 e. The van der Waals surface area contributed by atoms with Crippen LogP contribution in [0.5, 0.6) is 0 Å². The summed E-state index contributed by atoms with van der Waals surface area (Å²) in [7, 11) is 0. The van der Waals surface area contributed by atoms with E-state index in [1.54, 1.807) is 23.1 Å². The van der Waals surface area contributed by atoms with E-state index in [1.165, 1.54) is 0 Å². The maximum atomic E-state index is 12.9. The third-order valence-corrected chi connectivity index (χ3v) is 4.89. The van der Waals surface area contributed by atoms with Crippen LogP contribution in [-0.4, -0.2) is 28.6 Å². The summed E-state index contributed by atoms with van der Waals surface area (Å²) in [6, 6.07) is 5.17. The summed E-state index contributed by atoms with van der Waals surface area (Å²) in [5.41, 5.74) is 10.1. The highest BCUT2D eigenvalue weighted by atomic mass is 35.5. The molecule has 0 fully saturated rings. The minimum atomic E-state index is -0.153. The van der Waals surface area contributed by atoms with Crippen LogP contribution in [-0.2, 0) is 17.9 Å². The number of carbonyl (C=O) groups is 2. The van der Waals surface area contributed by atoms with E-state index in [9.17, 15) is 9.59 Å². The fourth-order valence-electron chi connectivity index (χ4n) is 3.19. The number of amides is 1. The summed E-state index contributed by atoms with van der Waals surface area (Å²) in [5, 5.41) is 0.971. The van der Waals surface area contributed by atoms with Gasteiger partial charge < -0.3 is 15.4 Å². The van der Waals surface area contributed by atoms with E-state index in [0.717, 1.165) is 17.5 Å². The molecule has 1 aromatic heterocycles. The third-order valence-electron chi connectivity index (χ3n) is 4.34. The van der Waals surface area contributed by atoms with Gasteiger partial charge in [0.05, 0.1) is 17.8 Å². The fraction of sp³-hybridized carbons (Fsp3) is 0.278. The molecule has 3 rings (SSSR count). The van der Waals surface area contributed by atoms with E-state index in [-0.39, 0.29) is 12.5 Å². The Morgan fingerprint density at radius 3 is 2.72 bits per heavy atom. The molecule has 0 radical (unpaired) electrons. The van der Waals surface area contributed by atoms with Crippen molar-refractivity contribution in [1.29, 1.82) is 0 Å². The zero-order chi connectivity index (χ0) is 18.1. The Morgan fingerprint density at radius 1 is 1.32 bits per heavy atom. The standard InChI is InChI=1S/C18H17Cl2N3O2/c1-10-13(8-21)16(12-4-3-11(19)7-14(12)20)17-15(22-10)9-23(18(17)25)5-2-6-24/h3-4,6-7H,2,5,8-9,21H2,1H3. The Balaban J connectivity index is 2.22. The van der Waals surface area contributed by atoms with E-state index < -0.39 is 0 Å². The van der Waals surface area contributed by atoms with E-state index in [1.807, 2.05) is 6.92 Å². The smallest absolute Gasteiger partial charge is 0.256 e. The van der Waals surface area contributed by atoms with E-state index in [4.69, 9.17) is 28.9 Å². The average Bonchev–Trinajstić information content (AvgIpc) is 2.87. The molecule has 2 N–H and O–H groups in total. The molecule has 0 spiro atoms. The van der Waals surface area contributed by atoms with Crippen molar-refractivity contribution in [3.05, 3.63) is 50.8 Å². The topological polar surface area (TPSA) is 76.3 Å². The molecule has 2 heterocycles. The van der Waals surface area contributed by atoms with Gasteiger partial charge in [0.15, 0.2) is 0 Å². The maximum Gasteiger partial charge on any atom is 0.256 e. The molecule has 130 valence electrons. The fourth-order valence-corrected chi connectivity index (χ4v) is 3.69. The van der Waals surface area contributed by atoms with E-state index >= 15 is 0 Å². The van der Waals surface area contributed by atoms with Crippen molar-refractivity contribution in [3.8, 4) is 11.1 Å². The van der Waals surface area contributed by atoms with Crippen molar-refractivity contribution in [3.63, 3.8) is 0 Å².